The van der Waals surface area contributed by atoms with E-state index in [0.29, 0.717) is 13.2 Å². The molecule has 0 aromatic heterocycles. The molecule has 0 aliphatic heterocycles. The van der Waals surface area contributed by atoms with E-state index in [1.165, 1.54) is 11.6 Å². The fourth-order valence-electron chi connectivity index (χ4n) is 1.45. The van der Waals surface area contributed by atoms with Gasteiger partial charge in [0.2, 0.25) is 0 Å². The van der Waals surface area contributed by atoms with Crippen molar-refractivity contribution in [3.8, 4) is 0 Å². The van der Waals surface area contributed by atoms with E-state index in [9.17, 15) is 4.79 Å². The van der Waals surface area contributed by atoms with Gasteiger partial charge < -0.3 is 10.1 Å². The van der Waals surface area contributed by atoms with Crippen LogP contribution in [0.5, 0.6) is 0 Å². The van der Waals surface area contributed by atoms with Crippen LogP contribution in [0.4, 0.5) is 0 Å². The Hall–Kier alpha value is -1.61. The molecule has 1 aromatic carbocycles. The lowest BCUT2D eigenvalue weighted by Crippen LogP contribution is -2.18. The molecule has 0 radical (unpaired) electrons. The van der Waals surface area contributed by atoms with Gasteiger partial charge in [-0.05, 0) is 19.4 Å². The quantitative estimate of drug-likeness (QED) is 0.606. The summed E-state index contributed by atoms with van der Waals surface area (Å²) in [5.41, 5.74) is 1.23. The van der Waals surface area contributed by atoms with Gasteiger partial charge in [0.1, 0.15) is 0 Å². The van der Waals surface area contributed by atoms with Crippen molar-refractivity contribution in [1.82, 2.24) is 5.32 Å². The van der Waals surface area contributed by atoms with E-state index < -0.39 is 0 Å². The van der Waals surface area contributed by atoms with Gasteiger partial charge in [-0.25, -0.2) is 4.79 Å². The topological polar surface area (TPSA) is 38.3 Å². The number of ether oxygens (including phenoxy) is 1. The molecule has 0 bridgehead atoms. The molecule has 0 amide bonds. The highest BCUT2D eigenvalue weighted by Gasteiger charge is 2.01. The first-order chi connectivity index (χ1) is 8.24. The van der Waals surface area contributed by atoms with Crippen molar-refractivity contribution in [2.45, 2.75) is 19.9 Å². The first kappa shape index (κ1) is 13.5. The van der Waals surface area contributed by atoms with E-state index in [2.05, 4.69) is 24.4 Å². The van der Waals surface area contributed by atoms with Crippen LogP contribution in [0.15, 0.2) is 42.5 Å². The van der Waals surface area contributed by atoms with Gasteiger partial charge in [0.25, 0.3) is 0 Å². The predicted octanol–water partition coefficient (Wildman–Crippen LogP) is 2.46. The molecular formula is C14H19NO2. The Bertz CT molecular complexity index is 360. The molecule has 92 valence electrons. The SMILES string of the molecule is CCOC(=O)/C=C/CN[C@H](C)c1ccccc1. The molecule has 0 saturated heterocycles. The van der Waals surface area contributed by atoms with Gasteiger partial charge in [0.15, 0.2) is 0 Å². The molecule has 0 fully saturated rings. The molecule has 17 heavy (non-hydrogen) atoms. The molecule has 1 N–H and O–H groups in total. The molecule has 3 nitrogen and oxygen atoms in total. The maximum absolute atomic E-state index is 11.0. The zero-order chi connectivity index (χ0) is 12.5. The standard InChI is InChI=1S/C14H19NO2/c1-3-17-14(16)10-7-11-15-12(2)13-8-5-4-6-9-13/h4-10,12,15H,3,11H2,1-2H3/b10-7+/t12-/m1/s1. The molecule has 0 unspecified atom stereocenters. The summed E-state index contributed by atoms with van der Waals surface area (Å²) in [7, 11) is 0. The van der Waals surface area contributed by atoms with Crippen LogP contribution in [0.3, 0.4) is 0 Å². The van der Waals surface area contributed by atoms with Crippen LogP contribution in [0.25, 0.3) is 0 Å². The van der Waals surface area contributed by atoms with Crippen LogP contribution in [0.2, 0.25) is 0 Å². The first-order valence-electron chi connectivity index (χ1n) is 5.85. The number of esters is 1. The molecule has 1 atom stereocenters. The van der Waals surface area contributed by atoms with E-state index in [-0.39, 0.29) is 12.0 Å². The van der Waals surface area contributed by atoms with E-state index in [1.807, 2.05) is 18.2 Å². The highest BCUT2D eigenvalue weighted by Crippen LogP contribution is 2.10. The van der Waals surface area contributed by atoms with Crippen molar-refractivity contribution < 1.29 is 9.53 Å². The Morgan fingerprint density at radius 3 is 2.76 bits per heavy atom. The molecule has 1 aromatic rings. The van der Waals surface area contributed by atoms with Gasteiger partial charge in [-0.2, -0.15) is 0 Å². The molecule has 0 saturated carbocycles. The van der Waals surface area contributed by atoms with E-state index in [4.69, 9.17) is 4.74 Å². The highest BCUT2D eigenvalue weighted by molar-refractivity contribution is 5.81. The minimum absolute atomic E-state index is 0.267. The number of carbonyl (C=O) groups is 1. The van der Waals surface area contributed by atoms with Crippen molar-refractivity contribution in [2.75, 3.05) is 13.2 Å². The largest absolute Gasteiger partial charge is 0.463 e. The highest BCUT2D eigenvalue weighted by atomic mass is 16.5. The molecule has 0 heterocycles. The van der Waals surface area contributed by atoms with Crippen molar-refractivity contribution in [3.63, 3.8) is 0 Å². The van der Waals surface area contributed by atoms with Crippen molar-refractivity contribution >= 4 is 5.97 Å². The number of benzene rings is 1. The summed E-state index contributed by atoms with van der Waals surface area (Å²) in [5, 5.41) is 3.30. The van der Waals surface area contributed by atoms with Crippen LogP contribution < -0.4 is 5.32 Å². The third-order valence-electron chi connectivity index (χ3n) is 2.38. The second-order valence-electron chi connectivity index (χ2n) is 3.70. The Morgan fingerprint density at radius 2 is 2.12 bits per heavy atom. The molecule has 1 rings (SSSR count). The van der Waals surface area contributed by atoms with Gasteiger partial charge >= 0.3 is 5.97 Å². The molecule has 0 spiro atoms. The van der Waals surface area contributed by atoms with Gasteiger partial charge in [0, 0.05) is 18.7 Å². The third kappa shape index (κ3) is 5.31. The van der Waals surface area contributed by atoms with Crippen LogP contribution in [-0.4, -0.2) is 19.1 Å². The summed E-state index contributed by atoms with van der Waals surface area (Å²) in [6.45, 7) is 4.95. The molecule has 0 aliphatic rings. The van der Waals surface area contributed by atoms with Gasteiger partial charge in [-0.3, -0.25) is 0 Å². The maximum atomic E-state index is 11.0. The van der Waals surface area contributed by atoms with Crippen LogP contribution >= 0.6 is 0 Å². The fraction of sp³-hybridized carbons (Fsp3) is 0.357. The Labute approximate surface area is 102 Å². The minimum Gasteiger partial charge on any atom is -0.463 e. The second kappa shape index (κ2) is 7.63. The van der Waals surface area contributed by atoms with Gasteiger partial charge in [-0.1, -0.05) is 36.4 Å². The molecule has 3 heteroatoms. The number of nitrogens with one attached hydrogen (secondary N) is 1. The lowest BCUT2D eigenvalue weighted by molar-refractivity contribution is -0.137. The molecule has 0 aliphatic carbocycles. The average Bonchev–Trinajstić information content (AvgIpc) is 2.36. The number of rotatable bonds is 6. The predicted molar refractivity (Wildman–Crippen MR) is 68.6 cm³/mol. The number of hydrogen-bond donors (Lipinski definition) is 1. The van der Waals surface area contributed by atoms with Crippen molar-refractivity contribution in [1.29, 1.82) is 0 Å². The zero-order valence-electron chi connectivity index (χ0n) is 10.3. The minimum atomic E-state index is -0.290. The smallest absolute Gasteiger partial charge is 0.330 e. The van der Waals surface area contributed by atoms with Gasteiger partial charge in [0.05, 0.1) is 6.61 Å². The second-order valence-corrected chi connectivity index (χ2v) is 3.70. The third-order valence-corrected chi connectivity index (χ3v) is 2.38. The summed E-state index contributed by atoms with van der Waals surface area (Å²) in [4.78, 5) is 11.0. The Balaban J connectivity index is 2.29. The lowest BCUT2D eigenvalue weighted by Gasteiger charge is -2.12. The summed E-state index contributed by atoms with van der Waals surface area (Å²) in [6.07, 6.45) is 3.23. The van der Waals surface area contributed by atoms with E-state index >= 15 is 0 Å². The molecular weight excluding hydrogens is 214 g/mol. The average molecular weight is 233 g/mol. The summed E-state index contributed by atoms with van der Waals surface area (Å²) in [5.74, 6) is -0.290. The number of carbonyl (C=O) groups excluding carboxylic acids is 1. The first-order valence-corrected chi connectivity index (χ1v) is 5.85. The van der Waals surface area contributed by atoms with E-state index in [0.717, 1.165) is 0 Å². The Kier molecular flexibility index (Phi) is 6.04. The normalized spacial score (nSPS) is 12.6. The van der Waals surface area contributed by atoms with Crippen LogP contribution in [0.1, 0.15) is 25.5 Å². The Morgan fingerprint density at radius 1 is 1.41 bits per heavy atom. The zero-order valence-corrected chi connectivity index (χ0v) is 10.3. The number of hydrogen-bond acceptors (Lipinski definition) is 3. The van der Waals surface area contributed by atoms with Crippen LogP contribution in [-0.2, 0) is 9.53 Å². The van der Waals surface area contributed by atoms with Gasteiger partial charge in [-0.15, -0.1) is 0 Å². The fourth-order valence-corrected chi connectivity index (χ4v) is 1.45. The maximum Gasteiger partial charge on any atom is 0.330 e. The summed E-state index contributed by atoms with van der Waals surface area (Å²) >= 11 is 0. The summed E-state index contributed by atoms with van der Waals surface area (Å²) in [6, 6.07) is 10.4. The summed E-state index contributed by atoms with van der Waals surface area (Å²) < 4.78 is 4.78. The monoisotopic (exact) mass is 233 g/mol. The lowest BCUT2D eigenvalue weighted by atomic mass is 10.1. The van der Waals surface area contributed by atoms with Crippen molar-refractivity contribution in [3.05, 3.63) is 48.0 Å². The van der Waals surface area contributed by atoms with Crippen molar-refractivity contribution in [2.24, 2.45) is 0 Å². The van der Waals surface area contributed by atoms with E-state index in [1.54, 1.807) is 13.0 Å². The van der Waals surface area contributed by atoms with Crippen LogP contribution in [0, 0.1) is 0 Å².